The average molecular weight is 263 g/mol. The molecule has 2 rings (SSSR count). The van der Waals surface area contributed by atoms with E-state index in [0.717, 1.165) is 11.5 Å². The van der Waals surface area contributed by atoms with E-state index in [1.54, 1.807) is 0 Å². The molecule has 0 radical (unpaired) electrons. The summed E-state index contributed by atoms with van der Waals surface area (Å²) in [6.45, 7) is 5.13. The maximum absolute atomic E-state index is 6.23. The molecule has 0 amide bonds. The van der Waals surface area contributed by atoms with Gasteiger partial charge in [-0.1, -0.05) is 30.7 Å². The van der Waals surface area contributed by atoms with Gasteiger partial charge in [0.25, 0.3) is 0 Å². The average Bonchev–Trinajstić information content (AvgIpc) is 2.37. The minimum atomic E-state index is -0.357. The summed E-state index contributed by atoms with van der Waals surface area (Å²) in [5, 5.41) is 0. The molecular weight excluding hydrogens is 238 g/mol. The fraction of sp³-hybridized carbons (Fsp3) is 0.625. The van der Waals surface area contributed by atoms with Crippen molar-refractivity contribution in [3.63, 3.8) is 0 Å². The van der Waals surface area contributed by atoms with Crippen molar-refractivity contribution in [3.8, 4) is 0 Å². The number of nitrogens with two attached hydrogens (primary N) is 1. The molecule has 3 heteroatoms. The Morgan fingerprint density at radius 1 is 1.11 bits per heavy atom. The van der Waals surface area contributed by atoms with Gasteiger partial charge in [-0.3, -0.25) is 0 Å². The van der Waals surface area contributed by atoms with Crippen molar-refractivity contribution in [1.29, 1.82) is 0 Å². The van der Waals surface area contributed by atoms with Gasteiger partial charge in [-0.25, -0.2) is 0 Å². The van der Waals surface area contributed by atoms with Gasteiger partial charge < -0.3 is 15.2 Å². The third-order valence-electron chi connectivity index (χ3n) is 3.85. The standard InChI is InChI=1S/C16H25NO2/c1-3-18-16(19-4-2)15(17)14-10-8-13(9-11-14)12-6-5-7-12/h8-12,15-16H,3-7,17H2,1-2H3. The van der Waals surface area contributed by atoms with Crippen LogP contribution < -0.4 is 5.73 Å². The third kappa shape index (κ3) is 3.56. The van der Waals surface area contributed by atoms with Crippen LogP contribution in [0.25, 0.3) is 0 Å². The molecule has 0 bridgehead atoms. The van der Waals surface area contributed by atoms with Crippen molar-refractivity contribution >= 4 is 0 Å². The van der Waals surface area contributed by atoms with Crippen LogP contribution >= 0.6 is 0 Å². The third-order valence-corrected chi connectivity index (χ3v) is 3.85. The minimum Gasteiger partial charge on any atom is -0.351 e. The lowest BCUT2D eigenvalue weighted by molar-refractivity contribution is -0.149. The van der Waals surface area contributed by atoms with Gasteiger partial charge in [0.05, 0.1) is 6.04 Å². The Bertz CT molecular complexity index is 367. The lowest BCUT2D eigenvalue weighted by Gasteiger charge is -2.27. The summed E-state index contributed by atoms with van der Waals surface area (Å²) in [7, 11) is 0. The van der Waals surface area contributed by atoms with Crippen LogP contribution in [-0.2, 0) is 9.47 Å². The molecule has 0 spiro atoms. The number of hydrogen-bond donors (Lipinski definition) is 1. The summed E-state index contributed by atoms with van der Waals surface area (Å²) >= 11 is 0. The molecular formula is C16H25NO2. The van der Waals surface area contributed by atoms with Gasteiger partial charge in [-0.15, -0.1) is 0 Å². The molecule has 2 N–H and O–H groups in total. The van der Waals surface area contributed by atoms with Crippen LogP contribution in [0.2, 0.25) is 0 Å². The highest BCUT2D eigenvalue weighted by Crippen LogP contribution is 2.36. The number of hydrogen-bond acceptors (Lipinski definition) is 3. The van der Waals surface area contributed by atoms with Crippen LogP contribution in [-0.4, -0.2) is 19.5 Å². The van der Waals surface area contributed by atoms with E-state index in [2.05, 4.69) is 24.3 Å². The second-order valence-electron chi connectivity index (χ2n) is 5.10. The van der Waals surface area contributed by atoms with Crippen LogP contribution in [0.3, 0.4) is 0 Å². The second kappa shape index (κ2) is 7.04. The van der Waals surface area contributed by atoms with E-state index in [-0.39, 0.29) is 12.3 Å². The lowest BCUT2D eigenvalue weighted by Crippen LogP contribution is -2.31. The zero-order valence-electron chi connectivity index (χ0n) is 12.0. The predicted molar refractivity (Wildman–Crippen MR) is 77.0 cm³/mol. The summed E-state index contributed by atoms with van der Waals surface area (Å²) in [6.07, 6.45) is 3.66. The summed E-state index contributed by atoms with van der Waals surface area (Å²) in [4.78, 5) is 0. The molecule has 1 aromatic rings. The molecule has 106 valence electrons. The van der Waals surface area contributed by atoms with E-state index in [1.807, 2.05) is 13.8 Å². The maximum Gasteiger partial charge on any atom is 0.176 e. The van der Waals surface area contributed by atoms with Gasteiger partial charge in [-0.05, 0) is 43.7 Å². The van der Waals surface area contributed by atoms with Gasteiger partial charge in [0, 0.05) is 13.2 Å². The Morgan fingerprint density at radius 2 is 1.68 bits per heavy atom. The number of benzene rings is 1. The van der Waals surface area contributed by atoms with Gasteiger partial charge in [0.15, 0.2) is 6.29 Å². The molecule has 1 unspecified atom stereocenters. The van der Waals surface area contributed by atoms with Gasteiger partial charge in [-0.2, -0.15) is 0 Å². The number of rotatable bonds is 7. The smallest absolute Gasteiger partial charge is 0.176 e. The first kappa shape index (κ1) is 14.5. The molecule has 0 aliphatic heterocycles. The molecule has 1 aliphatic rings. The second-order valence-corrected chi connectivity index (χ2v) is 5.10. The molecule has 0 aromatic heterocycles. The van der Waals surface area contributed by atoms with Crippen molar-refractivity contribution in [3.05, 3.63) is 35.4 Å². The number of ether oxygens (including phenoxy) is 2. The monoisotopic (exact) mass is 263 g/mol. The first-order valence-electron chi connectivity index (χ1n) is 7.34. The highest BCUT2D eigenvalue weighted by atomic mass is 16.7. The molecule has 19 heavy (non-hydrogen) atoms. The molecule has 1 saturated carbocycles. The van der Waals surface area contributed by atoms with E-state index in [1.165, 1.54) is 24.8 Å². The molecule has 3 nitrogen and oxygen atoms in total. The van der Waals surface area contributed by atoms with Crippen molar-refractivity contribution in [2.75, 3.05) is 13.2 Å². The fourth-order valence-corrected chi connectivity index (χ4v) is 2.47. The lowest BCUT2D eigenvalue weighted by atomic mass is 9.80. The van der Waals surface area contributed by atoms with E-state index in [4.69, 9.17) is 15.2 Å². The summed E-state index contributed by atoms with van der Waals surface area (Å²) in [5.41, 5.74) is 8.75. The van der Waals surface area contributed by atoms with Gasteiger partial charge in [0.2, 0.25) is 0 Å². The molecule has 1 atom stereocenters. The minimum absolute atomic E-state index is 0.227. The molecule has 0 heterocycles. The first-order valence-corrected chi connectivity index (χ1v) is 7.34. The Morgan fingerprint density at radius 3 is 2.11 bits per heavy atom. The largest absolute Gasteiger partial charge is 0.351 e. The zero-order chi connectivity index (χ0) is 13.7. The Balaban J connectivity index is 2.02. The van der Waals surface area contributed by atoms with Crippen LogP contribution in [0.4, 0.5) is 0 Å². The molecule has 1 aromatic carbocycles. The SMILES string of the molecule is CCOC(OCC)C(N)c1ccc(C2CCC2)cc1. The topological polar surface area (TPSA) is 44.5 Å². The van der Waals surface area contributed by atoms with Crippen LogP contribution in [0.15, 0.2) is 24.3 Å². The Kier molecular flexibility index (Phi) is 5.37. The quantitative estimate of drug-likeness (QED) is 0.767. The van der Waals surface area contributed by atoms with E-state index < -0.39 is 0 Å². The van der Waals surface area contributed by atoms with Crippen molar-refractivity contribution in [2.24, 2.45) is 5.73 Å². The van der Waals surface area contributed by atoms with Crippen LogP contribution in [0, 0.1) is 0 Å². The highest BCUT2D eigenvalue weighted by molar-refractivity contribution is 5.28. The Hall–Kier alpha value is -0.900. The Labute approximate surface area is 116 Å². The molecule has 1 aliphatic carbocycles. The van der Waals surface area contributed by atoms with Crippen molar-refractivity contribution in [2.45, 2.75) is 51.4 Å². The van der Waals surface area contributed by atoms with Crippen molar-refractivity contribution in [1.82, 2.24) is 0 Å². The highest BCUT2D eigenvalue weighted by Gasteiger charge is 2.22. The maximum atomic E-state index is 6.23. The predicted octanol–water partition coefficient (Wildman–Crippen LogP) is 3.35. The van der Waals surface area contributed by atoms with E-state index >= 15 is 0 Å². The van der Waals surface area contributed by atoms with Crippen LogP contribution in [0.5, 0.6) is 0 Å². The summed E-state index contributed by atoms with van der Waals surface area (Å²) in [5.74, 6) is 0.764. The van der Waals surface area contributed by atoms with E-state index in [0.29, 0.717) is 13.2 Å². The normalized spacial score (nSPS) is 17.5. The fourth-order valence-electron chi connectivity index (χ4n) is 2.47. The van der Waals surface area contributed by atoms with Gasteiger partial charge >= 0.3 is 0 Å². The van der Waals surface area contributed by atoms with Gasteiger partial charge in [0.1, 0.15) is 0 Å². The molecule has 0 saturated heterocycles. The summed E-state index contributed by atoms with van der Waals surface area (Å²) < 4.78 is 11.1. The van der Waals surface area contributed by atoms with Crippen molar-refractivity contribution < 1.29 is 9.47 Å². The van der Waals surface area contributed by atoms with E-state index in [9.17, 15) is 0 Å². The zero-order valence-corrected chi connectivity index (χ0v) is 12.0. The van der Waals surface area contributed by atoms with Crippen LogP contribution in [0.1, 0.15) is 56.2 Å². The molecule has 1 fully saturated rings. The first-order chi connectivity index (χ1) is 9.26. The summed E-state index contributed by atoms with van der Waals surface area (Å²) in [6, 6.07) is 8.41.